The van der Waals surface area contributed by atoms with Gasteiger partial charge >= 0.3 is 0 Å². The standard InChI is InChI=1S/C16H21N5O2/c1-17-9-5-14(22)21-10-6-12(7-11-21)16-19-15(20-23-16)13-4-2-3-8-18-13/h2-4,8,12,17H,5-7,9-11H2,1H3. The monoisotopic (exact) mass is 315 g/mol. The first-order valence-electron chi connectivity index (χ1n) is 7.95. The first kappa shape index (κ1) is 15.6. The molecule has 2 aromatic heterocycles. The highest BCUT2D eigenvalue weighted by molar-refractivity contribution is 5.76. The van der Waals surface area contributed by atoms with Crippen LogP contribution in [0.4, 0.5) is 0 Å². The fraction of sp³-hybridized carbons (Fsp3) is 0.500. The zero-order chi connectivity index (χ0) is 16.1. The molecule has 1 N–H and O–H groups in total. The number of aromatic nitrogens is 3. The van der Waals surface area contributed by atoms with Crippen molar-refractivity contribution in [3.8, 4) is 11.5 Å². The number of carbonyl (C=O) groups excluding carboxylic acids is 1. The molecule has 7 heteroatoms. The molecule has 0 unspecified atom stereocenters. The van der Waals surface area contributed by atoms with Crippen LogP contribution >= 0.6 is 0 Å². The van der Waals surface area contributed by atoms with Crippen molar-refractivity contribution in [2.24, 2.45) is 0 Å². The fourth-order valence-electron chi connectivity index (χ4n) is 2.77. The summed E-state index contributed by atoms with van der Waals surface area (Å²) in [5, 5.41) is 7.02. The van der Waals surface area contributed by atoms with Gasteiger partial charge in [0, 0.05) is 38.2 Å². The topological polar surface area (TPSA) is 84.2 Å². The van der Waals surface area contributed by atoms with E-state index in [2.05, 4.69) is 20.4 Å². The Morgan fingerprint density at radius 2 is 2.22 bits per heavy atom. The van der Waals surface area contributed by atoms with Crippen LogP contribution in [0, 0.1) is 0 Å². The van der Waals surface area contributed by atoms with E-state index < -0.39 is 0 Å². The quantitative estimate of drug-likeness (QED) is 0.899. The third kappa shape index (κ3) is 3.73. The molecule has 1 amide bonds. The number of nitrogens with zero attached hydrogens (tertiary/aromatic N) is 4. The second-order valence-corrected chi connectivity index (χ2v) is 5.68. The number of rotatable bonds is 5. The lowest BCUT2D eigenvalue weighted by Gasteiger charge is -2.30. The second kappa shape index (κ2) is 7.32. The van der Waals surface area contributed by atoms with E-state index in [1.807, 2.05) is 30.1 Å². The SMILES string of the molecule is CNCCC(=O)N1CCC(c2nc(-c3ccccn3)no2)CC1. The summed E-state index contributed by atoms with van der Waals surface area (Å²) in [7, 11) is 1.86. The van der Waals surface area contributed by atoms with Gasteiger partial charge in [-0.3, -0.25) is 9.78 Å². The maximum Gasteiger partial charge on any atom is 0.230 e. The molecule has 0 spiro atoms. The van der Waals surface area contributed by atoms with Crippen molar-refractivity contribution in [2.75, 3.05) is 26.7 Å². The van der Waals surface area contributed by atoms with Crippen LogP contribution in [0.15, 0.2) is 28.9 Å². The molecular formula is C16H21N5O2. The van der Waals surface area contributed by atoms with Gasteiger partial charge in [0.25, 0.3) is 0 Å². The van der Waals surface area contributed by atoms with Crippen molar-refractivity contribution in [1.29, 1.82) is 0 Å². The number of carbonyl (C=O) groups is 1. The number of pyridine rings is 1. The summed E-state index contributed by atoms with van der Waals surface area (Å²) >= 11 is 0. The van der Waals surface area contributed by atoms with Crippen LogP contribution in [0.2, 0.25) is 0 Å². The Labute approximate surface area is 135 Å². The van der Waals surface area contributed by atoms with Gasteiger partial charge < -0.3 is 14.7 Å². The number of nitrogens with one attached hydrogen (secondary N) is 1. The molecule has 1 aliphatic rings. The van der Waals surface area contributed by atoms with Crippen LogP contribution in [0.1, 0.15) is 31.1 Å². The highest BCUT2D eigenvalue weighted by Gasteiger charge is 2.27. The molecule has 0 radical (unpaired) electrons. The van der Waals surface area contributed by atoms with E-state index in [-0.39, 0.29) is 11.8 Å². The maximum absolute atomic E-state index is 12.0. The molecule has 0 bridgehead atoms. The Morgan fingerprint density at radius 3 is 2.91 bits per heavy atom. The largest absolute Gasteiger partial charge is 0.343 e. The summed E-state index contributed by atoms with van der Waals surface area (Å²) in [5.74, 6) is 1.59. The van der Waals surface area contributed by atoms with Gasteiger partial charge in [0.2, 0.25) is 17.6 Å². The van der Waals surface area contributed by atoms with Gasteiger partial charge in [-0.15, -0.1) is 0 Å². The van der Waals surface area contributed by atoms with Crippen molar-refractivity contribution >= 4 is 5.91 Å². The molecule has 1 saturated heterocycles. The van der Waals surface area contributed by atoms with E-state index in [4.69, 9.17) is 4.52 Å². The Kier molecular flexibility index (Phi) is 4.97. The van der Waals surface area contributed by atoms with Gasteiger partial charge in [0.15, 0.2) is 0 Å². The van der Waals surface area contributed by atoms with E-state index >= 15 is 0 Å². The van der Waals surface area contributed by atoms with Gasteiger partial charge in [-0.25, -0.2) is 0 Å². The minimum atomic E-state index is 0.206. The molecule has 0 saturated carbocycles. The van der Waals surface area contributed by atoms with Crippen LogP contribution in [-0.2, 0) is 4.79 Å². The number of amides is 1. The lowest BCUT2D eigenvalue weighted by atomic mass is 9.96. The van der Waals surface area contributed by atoms with Crippen LogP contribution in [0.25, 0.3) is 11.5 Å². The van der Waals surface area contributed by atoms with Gasteiger partial charge in [-0.2, -0.15) is 4.98 Å². The molecular weight excluding hydrogens is 294 g/mol. The molecule has 0 aliphatic carbocycles. The van der Waals surface area contributed by atoms with E-state index in [9.17, 15) is 4.79 Å². The average molecular weight is 315 g/mol. The maximum atomic E-state index is 12.0. The minimum absolute atomic E-state index is 0.206. The smallest absolute Gasteiger partial charge is 0.230 e. The molecule has 1 fully saturated rings. The lowest BCUT2D eigenvalue weighted by Crippen LogP contribution is -2.38. The van der Waals surface area contributed by atoms with E-state index in [0.29, 0.717) is 23.8 Å². The first-order chi connectivity index (χ1) is 11.3. The Bertz CT molecular complexity index is 635. The highest BCUT2D eigenvalue weighted by Crippen LogP contribution is 2.28. The summed E-state index contributed by atoms with van der Waals surface area (Å²) in [6, 6.07) is 5.61. The second-order valence-electron chi connectivity index (χ2n) is 5.68. The van der Waals surface area contributed by atoms with Crippen molar-refractivity contribution < 1.29 is 9.32 Å². The average Bonchev–Trinajstić information content (AvgIpc) is 3.11. The predicted octanol–water partition coefficient (Wildman–Crippen LogP) is 1.45. The van der Waals surface area contributed by atoms with Gasteiger partial charge in [0.1, 0.15) is 5.69 Å². The Hall–Kier alpha value is -2.28. The number of likely N-dealkylation sites (tertiary alicyclic amines) is 1. The molecule has 3 heterocycles. The third-order valence-corrected chi connectivity index (χ3v) is 4.12. The summed E-state index contributed by atoms with van der Waals surface area (Å²) < 4.78 is 5.40. The zero-order valence-electron chi connectivity index (χ0n) is 13.2. The summed E-state index contributed by atoms with van der Waals surface area (Å²) in [4.78, 5) is 22.6. The predicted molar refractivity (Wildman–Crippen MR) is 84.6 cm³/mol. The molecule has 0 aromatic carbocycles. The van der Waals surface area contributed by atoms with E-state index in [1.165, 1.54) is 0 Å². The van der Waals surface area contributed by atoms with Crippen molar-refractivity contribution in [2.45, 2.75) is 25.2 Å². The molecule has 2 aromatic rings. The molecule has 3 rings (SSSR count). The van der Waals surface area contributed by atoms with Gasteiger partial charge in [-0.1, -0.05) is 11.2 Å². The number of hydrogen-bond donors (Lipinski definition) is 1. The Balaban J connectivity index is 1.58. The number of hydrogen-bond acceptors (Lipinski definition) is 6. The van der Waals surface area contributed by atoms with Crippen LogP contribution < -0.4 is 5.32 Å². The molecule has 7 nitrogen and oxygen atoms in total. The molecule has 23 heavy (non-hydrogen) atoms. The number of piperidine rings is 1. The Morgan fingerprint density at radius 1 is 1.39 bits per heavy atom. The summed E-state index contributed by atoms with van der Waals surface area (Å²) in [6.45, 7) is 2.21. The minimum Gasteiger partial charge on any atom is -0.343 e. The third-order valence-electron chi connectivity index (χ3n) is 4.12. The molecule has 0 atom stereocenters. The van der Waals surface area contributed by atoms with Crippen LogP contribution in [0.3, 0.4) is 0 Å². The van der Waals surface area contributed by atoms with Crippen molar-refractivity contribution in [3.63, 3.8) is 0 Å². The summed E-state index contributed by atoms with van der Waals surface area (Å²) in [5.41, 5.74) is 0.710. The lowest BCUT2D eigenvalue weighted by molar-refractivity contribution is -0.132. The highest BCUT2D eigenvalue weighted by atomic mass is 16.5. The normalized spacial score (nSPS) is 15.8. The van der Waals surface area contributed by atoms with Crippen molar-refractivity contribution in [3.05, 3.63) is 30.3 Å². The van der Waals surface area contributed by atoms with Crippen LogP contribution in [-0.4, -0.2) is 52.6 Å². The molecule has 1 aliphatic heterocycles. The molecule has 122 valence electrons. The van der Waals surface area contributed by atoms with E-state index in [0.717, 1.165) is 32.5 Å². The summed E-state index contributed by atoms with van der Waals surface area (Å²) in [6.07, 6.45) is 3.97. The van der Waals surface area contributed by atoms with Crippen molar-refractivity contribution in [1.82, 2.24) is 25.3 Å². The first-order valence-corrected chi connectivity index (χ1v) is 7.95. The fourth-order valence-corrected chi connectivity index (χ4v) is 2.77. The van der Waals surface area contributed by atoms with Gasteiger partial charge in [0.05, 0.1) is 0 Å². The zero-order valence-corrected chi connectivity index (χ0v) is 13.2. The van der Waals surface area contributed by atoms with E-state index in [1.54, 1.807) is 6.20 Å². The van der Waals surface area contributed by atoms with Crippen LogP contribution in [0.5, 0.6) is 0 Å². The van der Waals surface area contributed by atoms with Gasteiger partial charge in [-0.05, 0) is 32.0 Å².